The van der Waals surface area contributed by atoms with Gasteiger partial charge in [0.1, 0.15) is 11.2 Å². The zero-order valence-electron chi connectivity index (χ0n) is 15.6. The molecular formula is C17H25N5O3S. The van der Waals surface area contributed by atoms with E-state index in [0.717, 1.165) is 24.1 Å². The molecule has 1 fully saturated rings. The SMILES string of the molecule is Cc1ncnc(OCC2CCN(S(=O)(=O)c3c(C)n[nH]c3C)CC2)c1C. The Hall–Kier alpha value is -2.00. The molecule has 0 spiro atoms. The molecule has 0 radical (unpaired) electrons. The van der Waals surface area contributed by atoms with E-state index in [1.54, 1.807) is 18.2 Å². The van der Waals surface area contributed by atoms with Crippen molar-refractivity contribution in [1.29, 1.82) is 0 Å². The van der Waals surface area contributed by atoms with Crippen LogP contribution in [0.3, 0.4) is 0 Å². The number of sulfonamides is 1. The van der Waals surface area contributed by atoms with Gasteiger partial charge in [-0.3, -0.25) is 5.10 Å². The molecule has 0 saturated carbocycles. The van der Waals surface area contributed by atoms with Gasteiger partial charge < -0.3 is 4.74 Å². The number of H-pyrrole nitrogens is 1. The summed E-state index contributed by atoms with van der Waals surface area (Å²) in [6.45, 7) is 8.82. The quantitative estimate of drug-likeness (QED) is 0.852. The Morgan fingerprint density at radius 1 is 1.15 bits per heavy atom. The molecule has 0 bridgehead atoms. The fourth-order valence-corrected chi connectivity index (χ4v) is 5.03. The van der Waals surface area contributed by atoms with Crippen molar-refractivity contribution in [2.45, 2.75) is 45.4 Å². The van der Waals surface area contributed by atoms with E-state index in [4.69, 9.17) is 4.74 Å². The summed E-state index contributed by atoms with van der Waals surface area (Å²) in [6.07, 6.45) is 3.03. The summed E-state index contributed by atoms with van der Waals surface area (Å²) >= 11 is 0. The van der Waals surface area contributed by atoms with E-state index >= 15 is 0 Å². The molecule has 9 heteroatoms. The molecule has 1 aliphatic heterocycles. The largest absolute Gasteiger partial charge is 0.477 e. The average Bonchev–Trinajstić information content (AvgIpc) is 2.96. The smallest absolute Gasteiger partial charge is 0.246 e. The van der Waals surface area contributed by atoms with Crippen LogP contribution in [0.25, 0.3) is 0 Å². The minimum absolute atomic E-state index is 0.305. The lowest BCUT2D eigenvalue weighted by atomic mass is 9.99. The summed E-state index contributed by atoms with van der Waals surface area (Å²) < 4.78 is 33.2. The Bertz CT molecular complexity index is 866. The number of aromatic nitrogens is 4. The maximum atomic E-state index is 12.9. The van der Waals surface area contributed by atoms with Gasteiger partial charge in [0.2, 0.25) is 15.9 Å². The van der Waals surface area contributed by atoms with Crippen LogP contribution in [0.4, 0.5) is 0 Å². The molecule has 0 aliphatic carbocycles. The van der Waals surface area contributed by atoms with Gasteiger partial charge in [0.15, 0.2) is 0 Å². The number of nitrogens with one attached hydrogen (secondary N) is 1. The van der Waals surface area contributed by atoms with E-state index < -0.39 is 10.0 Å². The predicted molar refractivity (Wildman–Crippen MR) is 96.5 cm³/mol. The normalized spacial score (nSPS) is 16.8. The monoisotopic (exact) mass is 379 g/mol. The highest BCUT2D eigenvalue weighted by Crippen LogP contribution is 2.27. The highest BCUT2D eigenvalue weighted by molar-refractivity contribution is 7.89. The zero-order valence-corrected chi connectivity index (χ0v) is 16.4. The van der Waals surface area contributed by atoms with Gasteiger partial charge in [-0.1, -0.05) is 0 Å². The average molecular weight is 379 g/mol. The van der Waals surface area contributed by atoms with Crippen molar-refractivity contribution in [1.82, 2.24) is 24.5 Å². The second-order valence-corrected chi connectivity index (χ2v) is 8.69. The lowest BCUT2D eigenvalue weighted by Gasteiger charge is -2.31. The second kappa shape index (κ2) is 7.32. The fourth-order valence-electron chi connectivity index (χ4n) is 3.22. The van der Waals surface area contributed by atoms with Crippen molar-refractivity contribution < 1.29 is 13.2 Å². The third-order valence-electron chi connectivity index (χ3n) is 4.98. The first-order valence-electron chi connectivity index (χ1n) is 8.73. The van der Waals surface area contributed by atoms with Crippen molar-refractivity contribution in [3.8, 4) is 5.88 Å². The van der Waals surface area contributed by atoms with Crippen LogP contribution in [-0.2, 0) is 10.0 Å². The first kappa shape index (κ1) is 18.8. The van der Waals surface area contributed by atoms with Crippen LogP contribution in [0.1, 0.15) is 35.5 Å². The zero-order chi connectivity index (χ0) is 18.9. The summed E-state index contributed by atoms with van der Waals surface area (Å²) in [5.74, 6) is 0.917. The highest BCUT2D eigenvalue weighted by Gasteiger charge is 2.33. The number of aromatic amines is 1. The van der Waals surface area contributed by atoms with E-state index in [-0.39, 0.29) is 0 Å². The number of aryl methyl sites for hydroxylation is 3. The van der Waals surface area contributed by atoms with E-state index in [2.05, 4.69) is 20.2 Å². The number of hydrogen-bond donors (Lipinski definition) is 1. The number of ether oxygens (including phenoxy) is 1. The third-order valence-corrected chi connectivity index (χ3v) is 7.14. The van der Waals surface area contributed by atoms with Crippen molar-refractivity contribution >= 4 is 10.0 Å². The molecule has 1 N–H and O–H groups in total. The first-order chi connectivity index (χ1) is 12.3. The molecule has 0 aromatic carbocycles. The molecule has 142 valence electrons. The summed E-state index contributed by atoms with van der Waals surface area (Å²) in [6, 6.07) is 0. The van der Waals surface area contributed by atoms with Gasteiger partial charge in [-0.05, 0) is 46.5 Å². The minimum Gasteiger partial charge on any atom is -0.477 e. The van der Waals surface area contributed by atoms with Gasteiger partial charge >= 0.3 is 0 Å². The predicted octanol–water partition coefficient (Wildman–Crippen LogP) is 1.91. The minimum atomic E-state index is -3.50. The van der Waals surface area contributed by atoms with E-state index in [0.29, 0.717) is 47.8 Å². The number of rotatable bonds is 5. The van der Waals surface area contributed by atoms with Crippen LogP contribution in [0.2, 0.25) is 0 Å². The van der Waals surface area contributed by atoms with E-state index in [9.17, 15) is 8.42 Å². The molecule has 8 nitrogen and oxygen atoms in total. The first-order valence-corrected chi connectivity index (χ1v) is 10.2. The molecule has 3 heterocycles. The van der Waals surface area contributed by atoms with Crippen LogP contribution < -0.4 is 4.74 Å². The summed E-state index contributed by atoms with van der Waals surface area (Å²) in [5, 5.41) is 6.76. The molecule has 26 heavy (non-hydrogen) atoms. The molecule has 0 atom stereocenters. The van der Waals surface area contributed by atoms with Gasteiger partial charge in [0.05, 0.1) is 18.0 Å². The summed E-state index contributed by atoms with van der Waals surface area (Å²) in [7, 11) is -3.50. The Morgan fingerprint density at radius 3 is 2.46 bits per heavy atom. The highest BCUT2D eigenvalue weighted by atomic mass is 32.2. The van der Waals surface area contributed by atoms with E-state index in [1.165, 1.54) is 6.33 Å². The molecule has 0 unspecified atom stereocenters. The number of nitrogens with zero attached hydrogens (tertiary/aromatic N) is 4. The maximum absolute atomic E-state index is 12.9. The molecule has 1 saturated heterocycles. The van der Waals surface area contributed by atoms with Gasteiger partial charge in [0, 0.05) is 24.3 Å². The Kier molecular flexibility index (Phi) is 5.29. The van der Waals surface area contributed by atoms with Crippen LogP contribution >= 0.6 is 0 Å². The Labute approximate surface area is 154 Å². The third kappa shape index (κ3) is 3.59. The fraction of sp³-hybridized carbons (Fsp3) is 0.588. The van der Waals surface area contributed by atoms with Gasteiger partial charge in [0.25, 0.3) is 0 Å². The topological polar surface area (TPSA) is 101 Å². The van der Waals surface area contributed by atoms with Crippen LogP contribution in [0.15, 0.2) is 11.2 Å². The van der Waals surface area contributed by atoms with Crippen molar-refractivity contribution in [2.24, 2.45) is 5.92 Å². The van der Waals surface area contributed by atoms with Crippen molar-refractivity contribution in [3.05, 3.63) is 29.0 Å². The molecule has 1 aliphatic rings. The lowest BCUT2D eigenvalue weighted by Crippen LogP contribution is -2.40. The Morgan fingerprint density at radius 2 is 1.85 bits per heavy atom. The van der Waals surface area contributed by atoms with Gasteiger partial charge in [-0.25, -0.2) is 18.4 Å². The number of piperidine rings is 1. The lowest BCUT2D eigenvalue weighted by molar-refractivity contribution is 0.180. The van der Waals surface area contributed by atoms with E-state index in [1.807, 2.05) is 13.8 Å². The molecule has 0 amide bonds. The molecule has 2 aromatic heterocycles. The number of hydrogen-bond acceptors (Lipinski definition) is 6. The second-order valence-electron chi connectivity index (χ2n) is 6.81. The van der Waals surface area contributed by atoms with Crippen LogP contribution in [-0.4, -0.2) is 52.6 Å². The van der Waals surface area contributed by atoms with Crippen molar-refractivity contribution in [3.63, 3.8) is 0 Å². The van der Waals surface area contributed by atoms with Gasteiger partial charge in [-0.2, -0.15) is 9.40 Å². The van der Waals surface area contributed by atoms with Crippen LogP contribution in [0.5, 0.6) is 5.88 Å². The van der Waals surface area contributed by atoms with Crippen LogP contribution in [0, 0.1) is 33.6 Å². The van der Waals surface area contributed by atoms with Crippen molar-refractivity contribution in [2.75, 3.05) is 19.7 Å². The molecule has 3 rings (SSSR count). The maximum Gasteiger partial charge on any atom is 0.246 e. The molecule has 2 aromatic rings. The standard InChI is InChI=1S/C17H25N5O3S/c1-11-12(2)18-10-19-17(11)25-9-15-5-7-22(8-6-15)26(23,24)16-13(3)20-21-14(16)4/h10,15H,5-9H2,1-4H3,(H,20,21). The summed E-state index contributed by atoms with van der Waals surface area (Å²) in [4.78, 5) is 8.62. The van der Waals surface area contributed by atoms with Gasteiger partial charge in [-0.15, -0.1) is 0 Å². The Balaban J connectivity index is 1.60. The molecular weight excluding hydrogens is 354 g/mol. The summed E-state index contributed by atoms with van der Waals surface area (Å²) in [5.41, 5.74) is 2.95.